The molecule has 0 unspecified atom stereocenters. The summed E-state index contributed by atoms with van der Waals surface area (Å²) in [5.74, 6) is 0.719. The zero-order valence-corrected chi connectivity index (χ0v) is 22.0. The van der Waals surface area contributed by atoms with Crippen molar-refractivity contribution < 1.29 is 22.7 Å². The zero-order valence-electron chi connectivity index (χ0n) is 22.0. The normalized spacial score (nSPS) is 21.2. The molecule has 1 aliphatic heterocycles. The molecule has 7 nitrogen and oxygen atoms in total. The second-order valence-corrected chi connectivity index (χ2v) is 10.7. The van der Waals surface area contributed by atoms with Gasteiger partial charge >= 0.3 is 6.18 Å². The summed E-state index contributed by atoms with van der Waals surface area (Å²) in [6.45, 7) is 4.85. The van der Waals surface area contributed by atoms with Gasteiger partial charge in [-0.1, -0.05) is 26.0 Å². The first-order chi connectivity index (χ1) is 18.0. The molecule has 0 saturated heterocycles. The molecular weight excluding hydrogens is 495 g/mol. The van der Waals surface area contributed by atoms with Gasteiger partial charge in [0.2, 0.25) is 0 Å². The van der Waals surface area contributed by atoms with Crippen LogP contribution >= 0.6 is 0 Å². The Morgan fingerprint density at radius 3 is 2.61 bits per heavy atom. The van der Waals surface area contributed by atoms with Gasteiger partial charge in [0.15, 0.2) is 0 Å². The number of methoxy groups -OCH3 is 1. The molecule has 0 atom stereocenters. The molecule has 1 N–H and O–H groups in total. The molecule has 2 heterocycles. The number of anilines is 1. The number of aryl methyl sites for hydroxylation is 1. The Morgan fingerprint density at radius 1 is 1.21 bits per heavy atom. The second kappa shape index (κ2) is 9.81. The van der Waals surface area contributed by atoms with Crippen molar-refractivity contribution in [2.45, 2.75) is 57.5 Å². The lowest BCUT2D eigenvalue weighted by molar-refractivity contribution is -0.138. The van der Waals surface area contributed by atoms with Crippen LogP contribution < -0.4 is 10.2 Å². The van der Waals surface area contributed by atoms with Crippen molar-refractivity contribution in [2.24, 2.45) is 13.0 Å². The Balaban J connectivity index is 1.49. The highest BCUT2D eigenvalue weighted by Gasteiger charge is 2.50. The minimum absolute atomic E-state index is 0.0200. The average molecular weight is 528 g/mol. The van der Waals surface area contributed by atoms with Crippen LogP contribution in [0.15, 0.2) is 42.7 Å². The molecule has 2 aliphatic rings. The molecule has 5 rings (SSSR count). The maximum Gasteiger partial charge on any atom is 0.416 e. The minimum atomic E-state index is -4.56. The van der Waals surface area contributed by atoms with Crippen molar-refractivity contribution in [1.82, 2.24) is 20.1 Å². The van der Waals surface area contributed by atoms with E-state index in [4.69, 9.17) is 4.74 Å². The van der Waals surface area contributed by atoms with E-state index in [2.05, 4.69) is 15.5 Å². The summed E-state index contributed by atoms with van der Waals surface area (Å²) in [6.07, 6.45) is -1.47. The van der Waals surface area contributed by atoms with E-state index in [1.165, 1.54) is 11.0 Å². The monoisotopic (exact) mass is 527 g/mol. The Kier molecular flexibility index (Phi) is 6.81. The summed E-state index contributed by atoms with van der Waals surface area (Å²) < 4.78 is 49.7. The molecule has 0 bridgehead atoms. The number of fused-ring (bicyclic) bond motifs is 1. The average Bonchev–Trinajstić information content (AvgIpc) is 3.41. The number of hydrogen-bond acceptors (Lipinski definition) is 5. The third kappa shape index (κ3) is 4.60. The van der Waals surface area contributed by atoms with E-state index in [9.17, 15) is 18.0 Å². The van der Waals surface area contributed by atoms with Crippen LogP contribution in [0.3, 0.4) is 0 Å². The molecule has 1 aliphatic carbocycles. The van der Waals surface area contributed by atoms with Gasteiger partial charge < -0.3 is 19.5 Å². The standard InChI is InChI=1S/C28H32F3N5O2/c1-17(2)13-32-14-18-8-22-23(24(9-18)28(29,30)31)15-36(25(22)37)20-7-5-6-19(10-20)27(11-21(12-27)38-4)26-34-33-16-35(26)3/h5-10,16-17,21,32H,11-15H2,1-4H3/t21-,27-. The molecule has 2 aromatic carbocycles. The fraction of sp³-hybridized carbons (Fsp3) is 0.464. The Hall–Kier alpha value is -3.24. The smallest absolute Gasteiger partial charge is 0.381 e. The van der Waals surface area contributed by atoms with E-state index in [1.54, 1.807) is 25.6 Å². The Bertz CT molecular complexity index is 1340. The van der Waals surface area contributed by atoms with Crippen molar-refractivity contribution >= 4 is 11.6 Å². The van der Waals surface area contributed by atoms with Gasteiger partial charge in [-0.2, -0.15) is 13.2 Å². The van der Waals surface area contributed by atoms with E-state index >= 15 is 0 Å². The first-order valence-corrected chi connectivity index (χ1v) is 12.8. The lowest BCUT2D eigenvalue weighted by Gasteiger charge is -2.46. The number of amides is 1. The third-order valence-corrected chi connectivity index (χ3v) is 7.62. The SMILES string of the molecule is CO[C@H]1C[C@](c2cccc(N3Cc4c(cc(CNCC(C)C)cc4C(F)(F)F)C3=O)c2)(c2nncn2C)C1. The largest absolute Gasteiger partial charge is 0.416 e. The highest BCUT2D eigenvalue weighted by atomic mass is 19.4. The number of carbonyl (C=O) groups is 1. The van der Waals surface area contributed by atoms with Crippen molar-refractivity contribution in [3.8, 4) is 0 Å². The van der Waals surface area contributed by atoms with Crippen LogP contribution in [-0.4, -0.2) is 40.4 Å². The van der Waals surface area contributed by atoms with Crippen LogP contribution in [0, 0.1) is 5.92 Å². The zero-order chi connectivity index (χ0) is 27.2. The molecule has 1 aromatic heterocycles. The summed E-state index contributed by atoms with van der Waals surface area (Å²) in [6, 6.07) is 10.2. The third-order valence-electron chi connectivity index (χ3n) is 7.62. The minimum Gasteiger partial charge on any atom is -0.381 e. The number of nitrogens with one attached hydrogen (secondary N) is 1. The lowest BCUT2D eigenvalue weighted by Crippen LogP contribution is -2.48. The van der Waals surface area contributed by atoms with Gasteiger partial charge in [0.1, 0.15) is 12.2 Å². The van der Waals surface area contributed by atoms with Gasteiger partial charge in [-0.05, 0) is 66.3 Å². The molecule has 0 radical (unpaired) electrons. The summed E-state index contributed by atoms with van der Waals surface area (Å²) in [7, 11) is 3.56. The number of ether oxygens (including phenoxy) is 1. The molecule has 0 spiro atoms. The number of aromatic nitrogens is 3. The summed E-state index contributed by atoms with van der Waals surface area (Å²) >= 11 is 0. The van der Waals surface area contributed by atoms with Gasteiger partial charge in [0.25, 0.3) is 5.91 Å². The second-order valence-electron chi connectivity index (χ2n) is 10.7. The number of benzene rings is 2. The number of alkyl halides is 3. The number of hydrogen-bond donors (Lipinski definition) is 1. The first kappa shape index (κ1) is 26.4. The van der Waals surface area contributed by atoms with Gasteiger partial charge in [0, 0.05) is 32.0 Å². The predicted octanol–water partition coefficient (Wildman–Crippen LogP) is 4.83. The topological polar surface area (TPSA) is 72.3 Å². The van der Waals surface area contributed by atoms with Crippen LogP contribution in [0.25, 0.3) is 0 Å². The molecule has 1 fully saturated rings. The van der Waals surface area contributed by atoms with Gasteiger partial charge in [-0.25, -0.2) is 0 Å². The van der Waals surface area contributed by atoms with Crippen molar-refractivity contribution in [3.05, 3.63) is 76.4 Å². The fourth-order valence-corrected chi connectivity index (χ4v) is 5.66. The lowest BCUT2D eigenvalue weighted by atomic mass is 9.62. The van der Waals surface area contributed by atoms with Crippen LogP contribution in [0.4, 0.5) is 18.9 Å². The van der Waals surface area contributed by atoms with Crippen molar-refractivity contribution in [3.63, 3.8) is 0 Å². The molecular formula is C28H32F3N5O2. The van der Waals surface area contributed by atoms with Crippen molar-refractivity contribution in [1.29, 1.82) is 0 Å². The fourth-order valence-electron chi connectivity index (χ4n) is 5.66. The number of rotatable bonds is 8. The van der Waals surface area contributed by atoms with Gasteiger partial charge in [-0.15, -0.1) is 10.2 Å². The summed E-state index contributed by atoms with van der Waals surface area (Å²) in [4.78, 5) is 15.0. The predicted molar refractivity (Wildman–Crippen MR) is 137 cm³/mol. The van der Waals surface area contributed by atoms with E-state index < -0.39 is 23.1 Å². The molecule has 1 amide bonds. The van der Waals surface area contributed by atoms with Gasteiger partial charge in [-0.3, -0.25) is 4.79 Å². The Labute approximate surface area is 220 Å². The first-order valence-electron chi connectivity index (χ1n) is 12.8. The number of nitrogens with zero attached hydrogens (tertiary/aromatic N) is 4. The molecule has 38 heavy (non-hydrogen) atoms. The molecule has 1 saturated carbocycles. The van der Waals surface area contributed by atoms with E-state index in [0.717, 1.165) is 11.4 Å². The molecule has 3 aromatic rings. The van der Waals surface area contributed by atoms with E-state index in [-0.39, 0.29) is 30.3 Å². The number of carbonyl (C=O) groups excluding carboxylic acids is 1. The van der Waals surface area contributed by atoms with Crippen LogP contribution in [0.1, 0.15) is 65.1 Å². The summed E-state index contributed by atoms with van der Waals surface area (Å²) in [5, 5.41) is 11.6. The van der Waals surface area contributed by atoms with E-state index in [0.29, 0.717) is 36.6 Å². The molecule has 10 heteroatoms. The van der Waals surface area contributed by atoms with Crippen LogP contribution in [-0.2, 0) is 36.5 Å². The van der Waals surface area contributed by atoms with Crippen LogP contribution in [0.2, 0.25) is 0 Å². The maximum atomic E-state index is 14.1. The molecule has 202 valence electrons. The highest BCUT2D eigenvalue weighted by Crippen LogP contribution is 2.50. The van der Waals surface area contributed by atoms with Crippen LogP contribution in [0.5, 0.6) is 0 Å². The summed E-state index contributed by atoms with van der Waals surface area (Å²) in [5.41, 5.74) is 0.854. The van der Waals surface area contributed by atoms with E-state index in [1.807, 2.05) is 43.7 Å². The Morgan fingerprint density at radius 2 is 1.97 bits per heavy atom. The highest BCUT2D eigenvalue weighted by molar-refractivity contribution is 6.10. The van der Waals surface area contributed by atoms with Crippen molar-refractivity contribution in [2.75, 3.05) is 18.6 Å². The maximum absolute atomic E-state index is 14.1. The van der Waals surface area contributed by atoms with Gasteiger partial charge in [0.05, 0.1) is 23.6 Å². The quantitative estimate of drug-likeness (QED) is 0.454. The number of halogens is 3.